The third-order valence-corrected chi connectivity index (χ3v) is 2.80. The van der Waals surface area contributed by atoms with Crippen LogP contribution in [-0.2, 0) is 6.61 Å². The number of rotatable bonds is 4. The van der Waals surface area contributed by atoms with Crippen LogP contribution in [0.2, 0.25) is 0 Å². The Morgan fingerprint density at radius 3 is 2.06 bits per heavy atom. The lowest BCUT2D eigenvalue weighted by atomic mass is 9.93. The first kappa shape index (κ1) is 14.0. The lowest BCUT2D eigenvalue weighted by Crippen LogP contribution is -2.12. The highest BCUT2D eigenvalue weighted by molar-refractivity contribution is 5.43. The second-order valence-corrected chi connectivity index (χ2v) is 5.88. The molecule has 0 heterocycles. The van der Waals surface area contributed by atoms with Gasteiger partial charge < -0.3 is 9.84 Å². The highest BCUT2D eigenvalue weighted by atomic mass is 16.5. The summed E-state index contributed by atoms with van der Waals surface area (Å²) in [4.78, 5) is 0. The Hall–Kier alpha value is -1.02. The average molecular weight is 236 g/mol. The van der Waals surface area contributed by atoms with E-state index in [1.165, 1.54) is 0 Å². The van der Waals surface area contributed by atoms with E-state index in [4.69, 9.17) is 9.84 Å². The Morgan fingerprint density at radius 1 is 1.12 bits per heavy atom. The fraction of sp³-hybridized carbons (Fsp3) is 0.600. The highest BCUT2D eigenvalue weighted by Crippen LogP contribution is 2.26. The zero-order valence-corrected chi connectivity index (χ0v) is 11.6. The van der Waals surface area contributed by atoms with Crippen LogP contribution in [0.15, 0.2) is 12.1 Å². The lowest BCUT2D eigenvalue weighted by molar-refractivity contribution is 0.240. The fourth-order valence-corrected chi connectivity index (χ4v) is 1.82. The van der Waals surface area contributed by atoms with Crippen LogP contribution in [-0.4, -0.2) is 11.7 Å². The first-order chi connectivity index (χ1) is 7.83. The highest BCUT2D eigenvalue weighted by Gasteiger charge is 2.11. The summed E-state index contributed by atoms with van der Waals surface area (Å²) in [7, 11) is 0. The molecular formula is C15H24O2. The Labute approximate surface area is 105 Å². The second-order valence-electron chi connectivity index (χ2n) is 5.88. The van der Waals surface area contributed by atoms with Gasteiger partial charge in [0.1, 0.15) is 5.75 Å². The molecule has 1 rings (SSSR count). The minimum atomic E-state index is 0.0873. The van der Waals surface area contributed by atoms with E-state index in [1.807, 2.05) is 26.0 Å². The maximum Gasteiger partial charge on any atom is 0.125 e. The van der Waals surface area contributed by atoms with Gasteiger partial charge in [0, 0.05) is 0 Å². The van der Waals surface area contributed by atoms with Crippen molar-refractivity contribution in [2.75, 3.05) is 6.61 Å². The van der Waals surface area contributed by atoms with Crippen molar-refractivity contribution in [1.29, 1.82) is 0 Å². The van der Waals surface area contributed by atoms with Crippen molar-refractivity contribution >= 4 is 0 Å². The first-order valence-corrected chi connectivity index (χ1v) is 6.17. The summed E-state index contributed by atoms with van der Waals surface area (Å²) < 4.78 is 5.86. The van der Waals surface area contributed by atoms with E-state index in [1.54, 1.807) is 0 Å². The summed E-state index contributed by atoms with van der Waals surface area (Å²) in [5.41, 5.74) is 3.45. The third-order valence-electron chi connectivity index (χ3n) is 2.80. The summed E-state index contributed by atoms with van der Waals surface area (Å²) in [5.74, 6) is 0.964. The topological polar surface area (TPSA) is 29.5 Å². The molecule has 0 spiro atoms. The molecule has 0 aliphatic heterocycles. The summed E-state index contributed by atoms with van der Waals surface area (Å²) >= 11 is 0. The molecule has 1 N–H and O–H groups in total. The lowest BCUT2D eigenvalue weighted by Gasteiger charge is -2.20. The molecule has 0 unspecified atom stereocenters. The Bertz CT molecular complexity index is 352. The van der Waals surface area contributed by atoms with E-state index in [9.17, 15) is 0 Å². The second kappa shape index (κ2) is 5.54. The van der Waals surface area contributed by atoms with Crippen molar-refractivity contribution < 1.29 is 9.84 Å². The smallest absolute Gasteiger partial charge is 0.125 e. The average Bonchev–Trinajstić information content (AvgIpc) is 2.20. The molecule has 0 aromatic heterocycles. The van der Waals surface area contributed by atoms with Gasteiger partial charge in [-0.1, -0.05) is 32.9 Å². The van der Waals surface area contributed by atoms with E-state index in [0.29, 0.717) is 5.41 Å². The maximum atomic E-state index is 9.12. The monoisotopic (exact) mass is 236 g/mol. The van der Waals surface area contributed by atoms with E-state index >= 15 is 0 Å². The minimum Gasteiger partial charge on any atom is -0.493 e. The SMILES string of the molecule is Cc1cc(CO)cc(C)c1OCCC(C)(C)C. The zero-order valence-electron chi connectivity index (χ0n) is 11.6. The van der Waals surface area contributed by atoms with Gasteiger partial charge in [0.15, 0.2) is 0 Å². The zero-order chi connectivity index (χ0) is 13.1. The number of hydrogen-bond acceptors (Lipinski definition) is 2. The number of benzene rings is 1. The van der Waals surface area contributed by atoms with E-state index < -0.39 is 0 Å². The number of aliphatic hydroxyl groups is 1. The molecule has 0 fully saturated rings. The molecule has 0 atom stereocenters. The number of aliphatic hydroxyl groups excluding tert-OH is 1. The van der Waals surface area contributed by atoms with Crippen LogP contribution in [0.4, 0.5) is 0 Å². The molecule has 2 nitrogen and oxygen atoms in total. The first-order valence-electron chi connectivity index (χ1n) is 6.17. The van der Waals surface area contributed by atoms with Gasteiger partial charge in [-0.05, 0) is 42.4 Å². The summed E-state index contributed by atoms with van der Waals surface area (Å²) in [6, 6.07) is 3.97. The summed E-state index contributed by atoms with van der Waals surface area (Å²) in [6.07, 6.45) is 1.04. The fourth-order valence-electron chi connectivity index (χ4n) is 1.82. The summed E-state index contributed by atoms with van der Waals surface area (Å²) in [6.45, 7) is 11.5. The number of ether oxygens (including phenoxy) is 1. The molecule has 1 aromatic rings. The molecule has 0 saturated carbocycles. The van der Waals surface area contributed by atoms with Crippen LogP contribution < -0.4 is 4.74 Å². The number of aryl methyl sites for hydroxylation is 2. The molecule has 1 aromatic carbocycles. The van der Waals surface area contributed by atoms with E-state index in [0.717, 1.165) is 35.5 Å². The Balaban J connectivity index is 2.72. The Kier molecular flexibility index (Phi) is 4.58. The molecule has 0 radical (unpaired) electrons. The van der Waals surface area contributed by atoms with Crippen molar-refractivity contribution in [3.8, 4) is 5.75 Å². The van der Waals surface area contributed by atoms with Crippen molar-refractivity contribution in [1.82, 2.24) is 0 Å². The third kappa shape index (κ3) is 4.39. The normalized spacial score (nSPS) is 11.6. The minimum absolute atomic E-state index is 0.0873. The van der Waals surface area contributed by atoms with Crippen molar-refractivity contribution in [2.24, 2.45) is 5.41 Å². The van der Waals surface area contributed by atoms with Gasteiger partial charge in [-0.3, -0.25) is 0 Å². The standard InChI is InChI=1S/C15H24O2/c1-11-8-13(10-16)9-12(2)14(11)17-7-6-15(3,4)5/h8-9,16H,6-7,10H2,1-5H3. The van der Waals surface area contributed by atoms with Gasteiger partial charge in [0.05, 0.1) is 13.2 Å². The molecule has 2 heteroatoms. The van der Waals surface area contributed by atoms with Crippen molar-refractivity contribution in [2.45, 2.75) is 47.6 Å². The van der Waals surface area contributed by atoms with E-state index in [-0.39, 0.29) is 6.61 Å². The maximum absolute atomic E-state index is 9.12. The van der Waals surface area contributed by atoms with Crippen LogP contribution in [0.1, 0.15) is 43.9 Å². The quantitative estimate of drug-likeness (QED) is 0.865. The van der Waals surface area contributed by atoms with Gasteiger partial charge in [-0.15, -0.1) is 0 Å². The van der Waals surface area contributed by atoms with Gasteiger partial charge >= 0.3 is 0 Å². The van der Waals surface area contributed by atoms with Gasteiger partial charge in [0.2, 0.25) is 0 Å². The molecule has 0 aliphatic rings. The van der Waals surface area contributed by atoms with Crippen LogP contribution in [0.5, 0.6) is 5.75 Å². The molecule has 17 heavy (non-hydrogen) atoms. The van der Waals surface area contributed by atoms with Crippen LogP contribution >= 0.6 is 0 Å². The van der Waals surface area contributed by atoms with E-state index in [2.05, 4.69) is 20.8 Å². The largest absolute Gasteiger partial charge is 0.493 e. The van der Waals surface area contributed by atoms with Crippen molar-refractivity contribution in [3.05, 3.63) is 28.8 Å². The van der Waals surface area contributed by atoms with Gasteiger partial charge in [-0.25, -0.2) is 0 Å². The number of hydrogen-bond donors (Lipinski definition) is 1. The van der Waals surface area contributed by atoms with Crippen LogP contribution in [0.25, 0.3) is 0 Å². The van der Waals surface area contributed by atoms with Gasteiger partial charge in [-0.2, -0.15) is 0 Å². The molecule has 0 amide bonds. The molecule has 96 valence electrons. The molecule has 0 saturated heterocycles. The predicted molar refractivity (Wildman–Crippen MR) is 71.4 cm³/mol. The van der Waals surface area contributed by atoms with Crippen LogP contribution in [0, 0.1) is 19.3 Å². The molecular weight excluding hydrogens is 212 g/mol. The van der Waals surface area contributed by atoms with Crippen LogP contribution in [0.3, 0.4) is 0 Å². The predicted octanol–water partition coefficient (Wildman–Crippen LogP) is 3.61. The molecule has 0 aliphatic carbocycles. The van der Waals surface area contributed by atoms with Gasteiger partial charge in [0.25, 0.3) is 0 Å². The van der Waals surface area contributed by atoms with Crippen molar-refractivity contribution in [3.63, 3.8) is 0 Å². The molecule has 0 bridgehead atoms. The Morgan fingerprint density at radius 2 is 1.65 bits per heavy atom. The summed E-state index contributed by atoms with van der Waals surface area (Å²) in [5, 5.41) is 9.12.